The molecular formula is C23H18BrN3O5S. The topological polar surface area (TPSA) is 92.0 Å². The lowest BCUT2D eigenvalue weighted by Crippen LogP contribution is -2.23. The van der Waals surface area contributed by atoms with Crippen LogP contribution in [0.3, 0.4) is 0 Å². The van der Waals surface area contributed by atoms with Crippen molar-refractivity contribution in [2.24, 2.45) is 0 Å². The van der Waals surface area contributed by atoms with Crippen LogP contribution in [0.15, 0.2) is 58.3 Å². The number of rotatable bonds is 7. The highest BCUT2D eigenvalue weighted by molar-refractivity contribution is 9.10. The SMILES string of the molecule is C=CCOc1ccc(-c2nc3s/c(=C/c4cc(Br)c(OC(C)=O)c(OC)c4)c(=O)n3n2)cc1. The smallest absolute Gasteiger partial charge is 0.308 e. The Labute approximate surface area is 200 Å². The lowest BCUT2D eigenvalue weighted by atomic mass is 10.2. The normalized spacial score (nSPS) is 11.5. The van der Waals surface area contributed by atoms with Crippen molar-refractivity contribution in [3.8, 4) is 28.6 Å². The van der Waals surface area contributed by atoms with Crippen molar-refractivity contribution in [1.82, 2.24) is 14.6 Å². The summed E-state index contributed by atoms with van der Waals surface area (Å²) in [6.07, 6.45) is 3.38. The van der Waals surface area contributed by atoms with Crippen molar-refractivity contribution in [3.63, 3.8) is 0 Å². The van der Waals surface area contributed by atoms with Crippen molar-refractivity contribution >= 4 is 44.3 Å². The van der Waals surface area contributed by atoms with Gasteiger partial charge in [-0.25, -0.2) is 0 Å². The fraction of sp³-hybridized carbons (Fsp3) is 0.130. The molecule has 4 aromatic rings. The molecule has 2 aromatic heterocycles. The molecule has 0 spiro atoms. The first-order valence-corrected chi connectivity index (χ1v) is 11.3. The zero-order valence-electron chi connectivity index (χ0n) is 17.7. The van der Waals surface area contributed by atoms with Gasteiger partial charge in [-0.2, -0.15) is 9.50 Å². The maximum Gasteiger partial charge on any atom is 0.308 e. The van der Waals surface area contributed by atoms with E-state index in [-0.39, 0.29) is 11.3 Å². The Kier molecular flexibility index (Phi) is 6.57. The van der Waals surface area contributed by atoms with Crippen molar-refractivity contribution in [2.45, 2.75) is 6.92 Å². The van der Waals surface area contributed by atoms with Gasteiger partial charge in [0.15, 0.2) is 17.3 Å². The summed E-state index contributed by atoms with van der Waals surface area (Å²) in [6, 6.07) is 10.7. The number of hydrogen-bond acceptors (Lipinski definition) is 8. The van der Waals surface area contributed by atoms with Crippen molar-refractivity contribution < 1.29 is 19.0 Å². The molecule has 0 saturated carbocycles. The van der Waals surface area contributed by atoms with E-state index in [4.69, 9.17) is 14.2 Å². The Balaban J connectivity index is 1.68. The van der Waals surface area contributed by atoms with Crippen LogP contribution < -0.4 is 24.3 Å². The molecule has 0 aliphatic heterocycles. The van der Waals surface area contributed by atoms with E-state index in [0.717, 1.165) is 5.56 Å². The molecule has 0 unspecified atom stereocenters. The van der Waals surface area contributed by atoms with Gasteiger partial charge in [0.25, 0.3) is 5.56 Å². The van der Waals surface area contributed by atoms with Crippen LogP contribution in [0.1, 0.15) is 12.5 Å². The van der Waals surface area contributed by atoms with Crippen molar-refractivity contribution in [2.75, 3.05) is 13.7 Å². The summed E-state index contributed by atoms with van der Waals surface area (Å²) in [5.41, 5.74) is 1.18. The van der Waals surface area contributed by atoms with Crippen LogP contribution in [-0.2, 0) is 4.79 Å². The van der Waals surface area contributed by atoms with E-state index in [0.29, 0.717) is 43.5 Å². The molecule has 168 valence electrons. The molecular weight excluding hydrogens is 510 g/mol. The van der Waals surface area contributed by atoms with E-state index in [1.165, 1.54) is 29.9 Å². The summed E-state index contributed by atoms with van der Waals surface area (Å²) in [6.45, 7) is 5.35. The lowest BCUT2D eigenvalue weighted by Gasteiger charge is -2.10. The summed E-state index contributed by atoms with van der Waals surface area (Å²) in [5, 5.41) is 4.37. The van der Waals surface area contributed by atoms with Gasteiger partial charge in [0, 0.05) is 12.5 Å². The number of carbonyl (C=O) groups is 1. The van der Waals surface area contributed by atoms with Crippen LogP contribution in [0.25, 0.3) is 22.4 Å². The van der Waals surface area contributed by atoms with Crippen LogP contribution in [0.4, 0.5) is 0 Å². The molecule has 8 nitrogen and oxygen atoms in total. The number of hydrogen-bond donors (Lipinski definition) is 0. The molecule has 0 amide bonds. The minimum absolute atomic E-state index is 0.276. The number of esters is 1. The number of thiazole rings is 1. The highest BCUT2D eigenvalue weighted by Crippen LogP contribution is 2.37. The van der Waals surface area contributed by atoms with Crippen molar-refractivity contribution in [1.29, 1.82) is 0 Å². The molecule has 0 aliphatic carbocycles. The highest BCUT2D eigenvalue weighted by Gasteiger charge is 2.15. The van der Waals surface area contributed by atoms with E-state index < -0.39 is 5.97 Å². The van der Waals surface area contributed by atoms with Crippen molar-refractivity contribution in [3.05, 3.63) is 74.0 Å². The molecule has 10 heteroatoms. The summed E-state index contributed by atoms with van der Waals surface area (Å²) in [5.74, 6) is 1.34. The van der Waals surface area contributed by atoms with Gasteiger partial charge in [0.1, 0.15) is 12.4 Å². The van der Waals surface area contributed by atoms with Gasteiger partial charge in [0.05, 0.1) is 16.1 Å². The minimum atomic E-state index is -0.465. The second-order valence-electron chi connectivity index (χ2n) is 6.80. The van der Waals surface area contributed by atoms with Crippen LogP contribution in [0.2, 0.25) is 0 Å². The standard InChI is InChI=1S/C23H18BrN3O5S/c1-4-9-31-16-7-5-15(6-8-16)21-25-23-27(26-21)22(29)19(33-23)12-14-10-17(24)20(32-13(2)28)18(11-14)30-3/h4-8,10-12H,1,9H2,2-3H3/b19-12+. The van der Waals surface area contributed by atoms with Gasteiger partial charge in [0.2, 0.25) is 4.96 Å². The zero-order valence-corrected chi connectivity index (χ0v) is 20.1. The number of nitrogens with zero attached hydrogens (tertiary/aromatic N) is 3. The van der Waals surface area contributed by atoms with E-state index in [1.807, 2.05) is 24.3 Å². The molecule has 0 aliphatic rings. The molecule has 0 fully saturated rings. The van der Waals surface area contributed by atoms with Gasteiger partial charge in [-0.3, -0.25) is 9.59 Å². The Morgan fingerprint density at radius 2 is 2.03 bits per heavy atom. The summed E-state index contributed by atoms with van der Waals surface area (Å²) in [7, 11) is 1.47. The molecule has 0 N–H and O–H groups in total. The van der Waals surface area contributed by atoms with Gasteiger partial charge < -0.3 is 14.2 Å². The second kappa shape index (κ2) is 9.55. The van der Waals surface area contributed by atoms with Crippen LogP contribution >= 0.6 is 27.3 Å². The third kappa shape index (κ3) is 4.81. The lowest BCUT2D eigenvalue weighted by molar-refractivity contribution is -0.132. The average molecular weight is 528 g/mol. The third-order valence-corrected chi connectivity index (χ3v) is 6.01. The monoisotopic (exact) mass is 527 g/mol. The van der Waals surface area contributed by atoms with Gasteiger partial charge in [-0.1, -0.05) is 24.0 Å². The predicted molar refractivity (Wildman–Crippen MR) is 129 cm³/mol. The Morgan fingerprint density at radius 1 is 1.27 bits per heavy atom. The fourth-order valence-corrected chi connectivity index (χ4v) is 4.48. The summed E-state index contributed by atoms with van der Waals surface area (Å²) >= 11 is 4.61. The van der Waals surface area contributed by atoms with Gasteiger partial charge >= 0.3 is 5.97 Å². The average Bonchev–Trinajstić information content (AvgIpc) is 3.33. The minimum Gasteiger partial charge on any atom is -0.493 e. The number of aromatic nitrogens is 3. The van der Waals surface area contributed by atoms with E-state index in [1.54, 1.807) is 24.3 Å². The summed E-state index contributed by atoms with van der Waals surface area (Å²) in [4.78, 5) is 29.2. The van der Waals surface area contributed by atoms with E-state index in [9.17, 15) is 9.59 Å². The summed E-state index contributed by atoms with van der Waals surface area (Å²) < 4.78 is 18.3. The molecule has 2 aromatic carbocycles. The largest absolute Gasteiger partial charge is 0.493 e. The Morgan fingerprint density at radius 3 is 2.67 bits per heavy atom. The molecule has 2 heterocycles. The van der Waals surface area contributed by atoms with Crippen LogP contribution in [0, 0.1) is 0 Å². The number of fused-ring (bicyclic) bond motifs is 1. The molecule has 33 heavy (non-hydrogen) atoms. The molecule has 4 rings (SSSR count). The maximum atomic E-state index is 12.9. The van der Waals surface area contributed by atoms with Crippen LogP contribution in [-0.4, -0.2) is 34.3 Å². The van der Waals surface area contributed by atoms with Gasteiger partial charge in [-0.15, -0.1) is 5.10 Å². The first-order chi connectivity index (χ1) is 15.9. The second-order valence-corrected chi connectivity index (χ2v) is 8.66. The van der Waals surface area contributed by atoms with Crippen LogP contribution in [0.5, 0.6) is 17.2 Å². The van der Waals surface area contributed by atoms with E-state index >= 15 is 0 Å². The first-order valence-electron chi connectivity index (χ1n) is 9.71. The first kappa shape index (κ1) is 22.7. The van der Waals surface area contributed by atoms with Gasteiger partial charge in [-0.05, 0) is 64.0 Å². The number of carbonyl (C=O) groups excluding carboxylic acids is 1. The maximum absolute atomic E-state index is 12.9. The molecule has 0 saturated heterocycles. The number of halogens is 1. The zero-order chi connectivity index (χ0) is 23.5. The molecule has 0 atom stereocenters. The number of benzene rings is 2. The van der Waals surface area contributed by atoms with E-state index in [2.05, 4.69) is 32.6 Å². The fourth-order valence-electron chi connectivity index (χ4n) is 3.03. The predicted octanol–water partition coefficient (Wildman–Crippen LogP) is 3.63. The number of methoxy groups -OCH3 is 1. The quantitative estimate of drug-likeness (QED) is 0.206. The third-order valence-electron chi connectivity index (χ3n) is 4.46. The Bertz CT molecular complexity index is 1460. The number of ether oxygens (including phenoxy) is 3. The molecule has 0 bridgehead atoms. The Hall–Kier alpha value is -3.50. The highest BCUT2D eigenvalue weighted by atomic mass is 79.9. The molecule has 0 radical (unpaired) electrons.